The van der Waals surface area contributed by atoms with Crippen LogP contribution in [0.15, 0.2) is 17.2 Å². The molecule has 1 atom stereocenters. The SMILES string of the molecule is CCCC(COC)Nc1cc2n[nH]c(=O)n2cn1. The summed E-state index contributed by atoms with van der Waals surface area (Å²) >= 11 is 0. The van der Waals surface area contributed by atoms with Crippen molar-refractivity contribution in [1.29, 1.82) is 0 Å². The molecule has 0 aliphatic carbocycles. The molecule has 7 heteroatoms. The average molecular weight is 251 g/mol. The van der Waals surface area contributed by atoms with Gasteiger partial charge < -0.3 is 10.1 Å². The molecule has 0 fully saturated rings. The highest BCUT2D eigenvalue weighted by molar-refractivity contribution is 5.48. The maximum absolute atomic E-state index is 11.3. The van der Waals surface area contributed by atoms with Crippen LogP contribution in [-0.2, 0) is 4.74 Å². The summed E-state index contributed by atoms with van der Waals surface area (Å²) < 4.78 is 6.51. The standard InChI is InChI=1S/C11H17N5O2/c1-3-4-8(6-18-2)13-9-5-10-14-15-11(17)16(10)7-12-9/h5,7-8,13H,3-4,6H2,1-2H3,(H,15,17). The van der Waals surface area contributed by atoms with E-state index in [0.717, 1.165) is 12.8 Å². The second kappa shape index (κ2) is 5.63. The van der Waals surface area contributed by atoms with Gasteiger partial charge >= 0.3 is 5.69 Å². The summed E-state index contributed by atoms with van der Waals surface area (Å²) in [5, 5.41) is 9.54. The van der Waals surface area contributed by atoms with E-state index in [0.29, 0.717) is 18.1 Å². The number of H-pyrrole nitrogens is 1. The van der Waals surface area contributed by atoms with Crippen LogP contribution in [0.2, 0.25) is 0 Å². The number of nitrogens with zero attached hydrogens (tertiary/aromatic N) is 3. The first kappa shape index (κ1) is 12.6. The Bertz CT molecular complexity index is 556. The van der Waals surface area contributed by atoms with Crippen molar-refractivity contribution in [2.24, 2.45) is 0 Å². The second-order valence-corrected chi connectivity index (χ2v) is 4.12. The highest BCUT2D eigenvalue weighted by Crippen LogP contribution is 2.09. The molecule has 2 rings (SSSR count). The number of aromatic amines is 1. The predicted molar refractivity (Wildman–Crippen MR) is 67.8 cm³/mol. The minimum Gasteiger partial charge on any atom is -0.383 e. The van der Waals surface area contributed by atoms with Gasteiger partial charge in [-0.2, -0.15) is 5.10 Å². The van der Waals surface area contributed by atoms with Crippen LogP contribution < -0.4 is 11.0 Å². The molecule has 18 heavy (non-hydrogen) atoms. The van der Waals surface area contributed by atoms with Gasteiger partial charge in [-0.05, 0) is 6.42 Å². The summed E-state index contributed by atoms with van der Waals surface area (Å²) in [6.07, 6.45) is 3.51. The first-order chi connectivity index (χ1) is 8.74. The van der Waals surface area contributed by atoms with Crippen LogP contribution in [0, 0.1) is 0 Å². The van der Waals surface area contributed by atoms with Gasteiger partial charge in [-0.15, -0.1) is 0 Å². The molecule has 0 saturated heterocycles. The first-order valence-electron chi connectivity index (χ1n) is 5.93. The van der Waals surface area contributed by atoms with Gasteiger partial charge in [-0.3, -0.25) is 0 Å². The van der Waals surface area contributed by atoms with Crippen molar-refractivity contribution in [3.05, 3.63) is 22.9 Å². The van der Waals surface area contributed by atoms with Crippen molar-refractivity contribution < 1.29 is 4.74 Å². The molecule has 0 spiro atoms. The molecule has 0 aliphatic rings. The van der Waals surface area contributed by atoms with Gasteiger partial charge in [0, 0.05) is 13.2 Å². The van der Waals surface area contributed by atoms with E-state index in [1.807, 2.05) is 0 Å². The van der Waals surface area contributed by atoms with Crippen LogP contribution in [-0.4, -0.2) is 39.3 Å². The number of anilines is 1. The molecule has 1 unspecified atom stereocenters. The molecular weight excluding hydrogens is 234 g/mol. The van der Waals surface area contributed by atoms with Crippen LogP contribution in [0.25, 0.3) is 5.65 Å². The third-order valence-corrected chi connectivity index (χ3v) is 2.67. The molecule has 0 aliphatic heterocycles. The van der Waals surface area contributed by atoms with Crippen LogP contribution >= 0.6 is 0 Å². The lowest BCUT2D eigenvalue weighted by Crippen LogP contribution is -2.25. The van der Waals surface area contributed by atoms with Crippen LogP contribution in [0.3, 0.4) is 0 Å². The lowest BCUT2D eigenvalue weighted by molar-refractivity contribution is 0.182. The molecule has 0 aromatic carbocycles. The minimum atomic E-state index is -0.286. The van der Waals surface area contributed by atoms with Crippen molar-refractivity contribution in [3.63, 3.8) is 0 Å². The van der Waals surface area contributed by atoms with Gasteiger partial charge in [-0.25, -0.2) is 19.3 Å². The van der Waals surface area contributed by atoms with E-state index in [4.69, 9.17) is 4.74 Å². The largest absolute Gasteiger partial charge is 0.383 e. The molecular formula is C11H17N5O2. The summed E-state index contributed by atoms with van der Waals surface area (Å²) in [6, 6.07) is 1.94. The lowest BCUT2D eigenvalue weighted by Gasteiger charge is -2.17. The Labute approximate surface area is 104 Å². The minimum absolute atomic E-state index is 0.209. The fourth-order valence-corrected chi connectivity index (χ4v) is 1.84. The summed E-state index contributed by atoms with van der Waals surface area (Å²) in [7, 11) is 1.67. The maximum Gasteiger partial charge on any atom is 0.348 e. The Morgan fingerprint density at radius 1 is 1.61 bits per heavy atom. The van der Waals surface area contributed by atoms with Crippen molar-refractivity contribution in [2.45, 2.75) is 25.8 Å². The quantitative estimate of drug-likeness (QED) is 0.787. The summed E-state index contributed by atoms with van der Waals surface area (Å²) in [4.78, 5) is 15.5. The highest BCUT2D eigenvalue weighted by atomic mass is 16.5. The zero-order valence-corrected chi connectivity index (χ0v) is 10.5. The summed E-state index contributed by atoms with van der Waals surface area (Å²) in [5.74, 6) is 0.692. The second-order valence-electron chi connectivity index (χ2n) is 4.12. The van der Waals surface area contributed by atoms with Gasteiger partial charge in [0.25, 0.3) is 0 Å². The lowest BCUT2D eigenvalue weighted by atomic mass is 10.2. The van der Waals surface area contributed by atoms with E-state index < -0.39 is 0 Å². The Kier molecular flexibility index (Phi) is 3.93. The van der Waals surface area contributed by atoms with E-state index in [9.17, 15) is 4.79 Å². The van der Waals surface area contributed by atoms with E-state index in [1.165, 1.54) is 10.7 Å². The van der Waals surface area contributed by atoms with E-state index >= 15 is 0 Å². The predicted octanol–water partition coefficient (Wildman–Crippen LogP) is 0.645. The number of nitrogens with one attached hydrogen (secondary N) is 2. The van der Waals surface area contributed by atoms with Crippen molar-refractivity contribution in [1.82, 2.24) is 19.6 Å². The molecule has 0 saturated carbocycles. The molecule has 0 radical (unpaired) electrons. The Hall–Kier alpha value is -1.89. The molecule has 0 amide bonds. The monoisotopic (exact) mass is 251 g/mol. The smallest absolute Gasteiger partial charge is 0.348 e. The molecule has 0 bridgehead atoms. The van der Waals surface area contributed by atoms with Crippen molar-refractivity contribution in [3.8, 4) is 0 Å². The van der Waals surface area contributed by atoms with Gasteiger partial charge in [0.2, 0.25) is 0 Å². The molecule has 7 nitrogen and oxygen atoms in total. The third kappa shape index (κ3) is 2.67. The number of ether oxygens (including phenoxy) is 1. The van der Waals surface area contributed by atoms with Gasteiger partial charge in [-0.1, -0.05) is 13.3 Å². The Morgan fingerprint density at radius 3 is 3.17 bits per heavy atom. The molecule has 2 aromatic rings. The molecule has 2 heterocycles. The number of hydrogen-bond donors (Lipinski definition) is 2. The Morgan fingerprint density at radius 2 is 2.44 bits per heavy atom. The highest BCUT2D eigenvalue weighted by Gasteiger charge is 2.09. The van der Waals surface area contributed by atoms with Crippen molar-refractivity contribution >= 4 is 11.5 Å². The fraction of sp³-hybridized carbons (Fsp3) is 0.545. The fourth-order valence-electron chi connectivity index (χ4n) is 1.84. The Balaban J connectivity index is 2.17. The average Bonchev–Trinajstić information content (AvgIpc) is 2.71. The number of hydrogen-bond acceptors (Lipinski definition) is 5. The summed E-state index contributed by atoms with van der Waals surface area (Å²) in [6.45, 7) is 2.74. The maximum atomic E-state index is 11.3. The van der Waals surface area contributed by atoms with Gasteiger partial charge in [0.05, 0.1) is 12.6 Å². The van der Waals surface area contributed by atoms with E-state index in [-0.39, 0.29) is 11.7 Å². The number of rotatable bonds is 6. The topological polar surface area (TPSA) is 84.3 Å². The van der Waals surface area contributed by atoms with Crippen molar-refractivity contribution in [2.75, 3.05) is 19.0 Å². The zero-order valence-electron chi connectivity index (χ0n) is 10.5. The van der Waals surface area contributed by atoms with E-state index in [1.54, 1.807) is 13.2 Å². The zero-order chi connectivity index (χ0) is 13.0. The van der Waals surface area contributed by atoms with Gasteiger partial charge in [0.1, 0.15) is 12.1 Å². The number of fused-ring (bicyclic) bond motifs is 1. The third-order valence-electron chi connectivity index (χ3n) is 2.67. The normalized spacial score (nSPS) is 12.8. The molecule has 2 aromatic heterocycles. The van der Waals surface area contributed by atoms with Crippen LogP contribution in [0.1, 0.15) is 19.8 Å². The first-order valence-corrected chi connectivity index (χ1v) is 5.93. The van der Waals surface area contributed by atoms with Gasteiger partial charge in [0.15, 0.2) is 5.65 Å². The van der Waals surface area contributed by atoms with Crippen LogP contribution in [0.5, 0.6) is 0 Å². The molecule has 98 valence electrons. The van der Waals surface area contributed by atoms with E-state index in [2.05, 4.69) is 27.4 Å². The van der Waals surface area contributed by atoms with Crippen LogP contribution in [0.4, 0.5) is 5.82 Å². The number of methoxy groups -OCH3 is 1. The number of aromatic nitrogens is 4. The molecule has 2 N–H and O–H groups in total. The summed E-state index contributed by atoms with van der Waals surface area (Å²) in [5.41, 5.74) is 0.260.